The Hall–Kier alpha value is -2.28. The highest BCUT2D eigenvalue weighted by molar-refractivity contribution is 8.00. The SMILES string of the molecule is Cc1cc(NC(=O)CSc2ccc(C(=O)O)cc2)no1. The summed E-state index contributed by atoms with van der Waals surface area (Å²) in [4.78, 5) is 23.2. The number of carboxylic acid groups (broad SMARTS) is 1. The molecular weight excluding hydrogens is 280 g/mol. The van der Waals surface area contributed by atoms with Crippen LogP contribution in [0.15, 0.2) is 39.8 Å². The summed E-state index contributed by atoms with van der Waals surface area (Å²) >= 11 is 1.31. The average Bonchev–Trinajstić information content (AvgIpc) is 2.82. The highest BCUT2D eigenvalue weighted by atomic mass is 32.2. The van der Waals surface area contributed by atoms with E-state index in [1.54, 1.807) is 25.1 Å². The number of carbonyl (C=O) groups is 2. The molecule has 7 heteroatoms. The second kappa shape index (κ2) is 6.25. The molecule has 2 N–H and O–H groups in total. The van der Waals surface area contributed by atoms with Gasteiger partial charge in [0.05, 0.1) is 11.3 Å². The van der Waals surface area contributed by atoms with Crippen molar-refractivity contribution < 1.29 is 19.2 Å². The van der Waals surface area contributed by atoms with E-state index in [2.05, 4.69) is 10.5 Å². The van der Waals surface area contributed by atoms with Gasteiger partial charge >= 0.3 is 5.97 Å². The van der Waals surface area contributed by atoms with Gasteiger partial charge in [0, 0.05) is 11.0 Å². The fourth-order valence-corrected chi connectivity index (χ4v) is 2.15. The lowest BCUT2D eigenvalue weighted by Crippen LogP contribution is -2.14. The van der Waals surface area contributed by atoms with Crippen molar-refractivity contribution >= 4 is 29.5 Å². The van der Waals surface area contributed by atoms with Gasteiger partial charge in [-0.1, -0.05) is 5.16 Å². The molecule has 20 heavy (non-hydrogen) atoms. The Morgan fingerprint density at radius 2 is 2.05 bits per heavy atom. The number of rotatable bonds is 5. The maximum absolute atomic E-state index is 11.7. The number of benzene rings is 1. The zero-order valence-corrected chi connectivity index (χ0v) is 11.4. The standard InChI is InChI=1S/C13H12N2O4S/c1-8-6-11(15-19-8)14-12(16)7-20-10-4-2-9(3-5-10)13(17)18/h2-6H,7H2,1H3,(H,17,18)(H,14,15,16). The number of aromatic nitrogens is 1. The summed E-state index contributed by atoms with van der Waals surface area (Å²) in [5.74, 6) is 0.0380. The van der Waals surface area contributed by atoms with Gasteiger partial charge in [-0.15, -0.1) is 11.8 Å². The minimum atomic E-state index is -0.972. The molecule has 2 aromatic rings. The number of aryl methyl sites for hydroxylation is 1. The van der Waals surface area contributed by atoms with Crippen molar-refractivity contribution in [1.82, 2.24) is 5.16 Å². The Labute approximate surface area is 119 Å². The molecule has 0 aliphatic rings. The molecular formula is C13H12N2O4S. The Balaban J connectivity index is 1.85. The number of carboxylic acids is 1. The van der Waals surface area contributed by atoms with Crippen LogP contribution in [0.2, 0.25) is 0 Å². The van der Waals surface area contributed by atoms with E-state index in [-0.39, 0.29) is 17.2 Å². The highest BCUT2D eigenvalue weighted by Gasteiger charge is 2.07. The first kappa shape index (κ1) is 14.1. The number of aromatic carboxylic acids is 1. The molecule has 0 unspecified atom stereocenters. The molecule has 104 valence electrons. The molecule has 1 aromatic heterocycles. The molecule has 0 bridgehead atoms. The third-order valence-electron chi connectivity index (χ3n) is 2.37. The number of nitrogens with zero attached hydrogens (tertiary/aromatic N) is 1. The molecule has 0 spiro atoms. The average molecular weight is 292 g/mol. The molecule has 0 fully saturated rings. The zero-order valence-electron chi connectivity index (χ0n) is 10.6. The number of amides is 1. The van der Waals surface area contributed by atoms with Gasteiger partial charge in [0.15, 0.2) is 5.82 Å². The lowest BCUT2D eigenvalue weighted by Gasteiger charge is -2.02. The predicted octanol–water partition coefficient (Wildman–Crippen LogP) is 2.41. The normalized spacial score (nSPS) is 10.2. The molecule has 0 aliphatic carbocycles. The Morgan fingerprint density at radius 3 is 2.60 bits per heavy atom. The molecule has 0 aliphatic heterocycles. The van der Waals surface area contributed by atoms with Crippen LogP contribution in [0.4, 0.5) is 5.82 Å². The lowest BCUT2D eigenvalue weighted by atomic mass is 10.2. The predicted molar refractivity (Wildman–Crippen MR) is 74.0 cm³/mol. The third-order valence-corrected chi connectivity index (χ3v) is 3.38. The van der Waals surface area contributed by atoms with Crippen molar-refractivity contribution in [2.45, 2.75) is 11.8 Å². The fraction of sp³-hybridized carbons (Fsp3) is 0.154. The van der Waals surface area contributed by atoms with E-state index in [9.17, 15) is 9.59 Å². The van der Waals surface area contributed by atoms with E-state index >= 15 is 0 Å². The first-order valence-corrected chi connectivity index (χ1v) is 6.72. The molecule has 6 nitrogen and oxygen atoms in total. The molecule has 0 atom stereocenters. The summed E-state index contributed by atoms with van der Waals surface area (Å²) in [6, 6.07) is 7.97. The van der Waals surface area contributed by atoms with E-state index < -0.39 is 5.97 Å². The van der Waals surface area contributed by atoms with Crippen LogP contribution in [0.3, 0.4) is 0 Å². The van der Waals surface area contributed by atoms with E-state index in [4.69, 9.17) is 9.63 Å². The largest absolute Gasteiger partial charge is 0.478 e. The highest BCUT2D eigenvalue weighted by Crippen LogP contribution is 2.19. The van der Waals surface area contributed by atoms with Crippen molar-refractivity contribution in [3.05, 3.63) is 41.7 Å². The van der Waals surface area contributed by atoms with Crippen molar-refractivity contribution in [3.8, 4) is 0 Å². The maximum atomic E-state index is 11.7. The van der Waals surface area contributed by atoms with Gasteiger partial charge in [0.2, 0.25) is 5.91 Å². The lowest BCUT2D eigenvalue weighted by molar-refractivity contribution is -0.113. The minimum absolute atomic E-state index is 0.203. The van der Waals surface area contributed by atoms with E-state index in [1.807, 2.05) is 0 Å². The van der Waals surface area contributed by atoms with Gasteiger partial charge in [-0.25, -0.2) is 4.79 Å². The van der Waals surface area contributed by atoms with Crippen LogP contribution >= 0.6 is 11.8 Å². The molecule has 1 heterocycles. The number of anilines is 1. The van der Waals surface area contributed by atoms with Crippen LogP contribution in [0.5, 0.6) is 0 Å². The summed E-state index contributed by atoms with van der Waals surface area (Å²) in [5.41, 5.74) is 0.219. The molecule has 0 saturated heterocycles. The van der Waals surface area contributed by atoms with E-state index in [0.717, 1.165) is 4.90 Å². The van der Waals surface area contributed by atoms with Gasteiger partial charge < -0.3 is 14.9 Å². The topological polar surface area (TPSA) is 92.4 Å². The maximum Gasteiger partial charge on any atom is 0.335 e. The summed E-state index contributed by atoms with van der Waals surface area (Å²) in [6.07, 6.45) is 0. The van der Waals surface area contributed by atoms with Gasteiger partial charge in [-0.3, -0.25) is 4.79 Å². The van der Waals surface area contributed by atoms with E-state index in [0.29, 0.717) is 11.6 Å². The van der Waals surface area contributed by atoms with Crippen LogP contribution in [-0.4, -0.2) is 27.9 Å². The quantitative estimate of drug-likeness (QED) is 0.822. The third kappa shape index (κ3) is 3.86. The van der Waals surface area contributed by atoms with Gasteiger partial charge in [-0.2, -0.15) is 0 Å². The van der Waals surface area contributed by atoms with Crippen molar-refractivity contribution in [2.75, 3.05) is 11.1 Å². The summed E-state index contributed by atoms with van der Waals surface area (Å²) in [7, 11) is 0. The number of hydrogen-bond donors (Lipinski definition) is 2. The van der Waals surface area contributed by atoms with Crippen molar-refractivity contribution in [2.24, 2.45) is 0 Å². The van der Waals surface area contributed by atoms with Gasteiger partial charge in [-0.05, 0) is 31.2 Å². The summed E-state index contributed by atoms with van der Waals surface area (Å²) < 4.78 is 4.84. The molecule has 2 rings (SSSR count). The Bertz CT molecular complexity index is 622. The second-order valence-corrected chi connectivity index (χ2v) is 5.04. The number of hydrogen-bond acceptors (Lipinski definition) is 5. The zero-order chi connectivity index (χ0) is 14.5. The fourth-order valence-electron chi connectivity index (χ4n) is 1.45. The second-order valence-electron chi connectivity index (χ2n) is 3.99. The smallest absolute Gasteiger partial charge is 0.335 e. The monoisotopic (exact) mass is 292 g/mol. The van der Waals surface area contributed by atoms with Crippen LogP contribution in [-0.2, 0) is 4.79 Å². The molecule has 1 aromatic carbocycles. The molecule has 1 amide bonds. The van der Waals surface area contributed by atoms with Crippen LogP contribution in [0.1, 0.15) is 16.1 Å². The Morgan fingerprint density at radius 1 is 1.35 bits per heavy atom. The summed E-state index contributed by atoms with van der Waals surface area (Å²) in [6.45, 7) is 1.74. The van der Waals surface area contributed by atoms with Crippen LogP contribution in [0, 0.1) is 6.92 Å². The van der Waals surface area contributed by atoms with Gasteiger partial charge in [0.1, 0.15) is 5.76 Å². The van der Waals surface area contributed by atoms with Crippen LogP contribution in [0.25, 0.3) is 0 Å². The first-order chi connectivity index (χ1) is 9.54. The number of carbonyl (C=O) groups excluding carboxylic acids is 1. The number of nitrogens with one attached hydrogen (secondary N) is 1. The summed E-state index contributed by atoms with van der Waals surface area (Å²) in [5, 5.41) is 15.0. The van der Waals surface area contributed by atoms with Crippen molar-refractivity contribution in [1.29, 1.82) is 0 Å². The number of thioether (sulfide) groups is 1. The van der Waals surface area contributed by atoms with E-state index in [1.165, 1.54) is 23.9 Å². The van der Waals surface area contributed by atoms with Crippen molar-refractivity contribution in [3.63, 3.8) is 0 Å². The van der Waals surface area contributed by atoms with Crippen LogP contribution < -0.4 is 5.32 Å². The molecule has 0 radical (unpaired) electrons. The first-order valence-electron chi connectivity index (χ1n) is 5.74. The minimum Gasteiger partial charge on any atom is -0.478 e. The Kier molecular flexibility index (Phi) is 4.41. The molecule has 0 saturated carbocycles. The van der Waals surface area contributed by atoms with Gasteiger partial charge in [0.25, 0.3) is 0 Å².